The summed E-state index contributed by atoms with van der Waals surface area (Å²) in [6, 6.07) is 2.66. The summed E-state index contributed by atoms with van der Waals surface area (Å²) in [6.07, 6.45) is 5.88. The summed E-state index contributed by atoms with van der Waals surface area (Å²) >= 11 is 0. The van der Waals surface area contributed by atoms with Gasteiger partial charge in [0, 0.05) is 25.4 Å². The van der Waals surface area contributed by atoms with Gasteiger partial charge < -0.3 is 5.32 Å². The van der Waals surface area contributed by atoms with Gasteiger partial charge in [-0.2, -0.15) is 5.10 Å². The minimum Gasteiger partial charge on any atom is -0.366 e. The van der Waals surface area contributed by atoms with E-state index in [0.717, 1.165) is 17.7 Å². The minimum absolute atomic E-state index is 0.617. The molecule has 0 aliphatic heterocycles. The number of aromatic nitrogens is 2. The van der Waals surface area contributed by atoms with E-state index in [0.29, 0.717) is 6.04 Å². The van der Waals surface area contributed by atoms with Gasteiger partial charge in [0.25, 0.3) is 0 Å². The normalized spacial score (nSPS) is 31.5. The average Bonchev–Trinajstić information content (AvgIpc) is 2.58. The molecule has 0 spiro atoms. The Kier molecular flexibility index (Phi) is 2.98. The van der Waals surface area contributed by atoms with Crippen LogP contribution in [0.2, 0.25) is 0 Å². The van der Waals surface area contributed by atoms with Crippen molar-refractivity contribution in [2.45, 2.75) is 39.2 Å². The van der Waals surface area contributed by atoms with Crippen LogP contribution in [0.4, 0.5) is 5.82 Å². The van der Waals surface area contributed by atoms with Crippen molar-refractivity contribution >= 4 is 5.82 Å². The molecule has 2 rings (SSSR count). The van der Waals surface area contributed by atoms with E-state index in [2.05, 4.69) is 24.3 Å². The summed E-state index contributed by atoms with van der Waals surface area (Å²) in [5, 5.41) is 7.88. The lowest BCUT2D eigenvalue weighted by atomic mass is 9.79. The molecule has 1 aromatic heterocycles. The summed E-state index contributed by atoms with van der Waals surface area (Å²) in [5.74, 6) is 2.73. The van der Waals surface area contributed by atoms with Crippen LogP contribution in [-0.2, 0) is 7.05 Å². The fraction of sp³-hybridized carbons (Fsp3) is 0.750. The van der Waals surface area contributed by atoms with Crippen LogP contribution in [-0.4, -0.2) is 15.8 Å². The highest BCUT2D eigenvalue weighted by Gasteiger charge is 2.24. The van der Waals surface area contributed by atoms with E-state index in [-0.39, 0.29) is 0 Å². The first-order chi connectivity index (χ1) is 7.15. The molecule has 1 aromatic rings. The topological polar surface area (TPSA) is 29.9 Å². The quantitative estimate of drug-likeness (QED) is 0.808. The highest BCUT2D eigenvalue weighted by atomic mass is 15.3. The highest BCUT2D eigenvalue weighted by molar-refractivity contribution is 5.33. The van der Waals surface area contributed by atoms with E-state index < -0.39 is 0 Å². The second-order valence-corrected chi connectivity index (χ2v) is 4.98. The largest absolute Gasteiger partial charge is 0.366 e. The van der Waals surface area contributed by atoms with Gasteiger partial charge in [-0.1, -0.05) is 13.8 Å². The summed E-state index contributed by atoms with van der Waals surface area (Å²) in [5.41, 5.74) is 0. The van der Waals surface area contributed by atoms with Crippen LogP contribution in [0.15, 0.2) is 12.3 Å². The molecule has 15 heavy (non-hydrogen) atoms. The molecule has 0 radical (unpaired) electrons. The minimum atomic E-state index is 0.617. The monoisotopic (exact) mass is 207 g/mol. The number of aryl methyl sites for hydroxylation is 1. The molecule has 0 bridgehead atoms. The second-order valence-electron chi connectivity index (χ2n) is 4.98. The van der Waals surface area contributed by atoms with E-state index in [9.17, 15) is 0 Å². The third kappa shape index (κ3) is 2.52. The molecule has 0 unspecified atom stereocenters. The number of anilines is 1. The van der Waals surface area contributed by atoms with Crippen molar-refractivity contribution in [3.05, 3.63) is 12.3 Å². The Morgan fingerprint density at radius 1 is 1.33 bits per heavy atom. The second kappa shape index (κ2) is 4.25. The molecule has 3 atom stereocenters. The Balaban J connectivity index is 1.90. The summed E-state index contributed by atoms with van der Waals surface area (Å²) in [6.45, 7) is 4.72. The lowest BCUT2D eigenvalue weighted by Crippen LogP contribution is -2.30. The molecule has 3 nitrogen and oxygen atoms in total. The number of nitrogens with zero attached hydrogens (tertiary/aromatic N) is 2. The van der Waals surface area contributed by atoms with Gasteiger partial charge in [0.15, 0.2) is 0 Å². The standard InChI is InChI=1S/C12H21N3/c1-9-4-5-11(8-10(9)2)13-12-6-7-15(3)14-12/h6-7,9-11H,4-5,8H2,1-3H3,(H,13,14)/t9-,10+,11+/m1/s1. The fourth-order valence-corrected chi connectivity index (χ4v) is 2.38. The smallest absolute Gasteiger partial charge is 0.148 e. The maximum atomic E-state index is 4.35. The van der Waals surface area contributed by atoms with Gasteiger partial charge in [0.05, 0.1) is 0 Å². The lowest BCUT2D eigenvalue weighted by molar-refractivity contribution is 0.260. The molecule has 3 heteroatoms. The Hall–Kier alpha value is -0.990. The SMILES string of the molecule is C[C@@H]1CC[C@H](Nc2ccn(C)n2)C[C@@H]1C. The summed E-state index contributed by atoms with van der Waals surface area (Å²) in [4.78, 5) is 0. The zero-order chi connectivity index (χ0) is 10.8. The van der Waals surface area contributed by atoms with Gasteiger partial charge in [-0.15, -0.1) is 0 Å². The Labute approximate surface area is 91.9 Å². The van der Waals surface area contributed by atoms with Crippen LogP contribution in [0.1, 0.15) is 33.1 Å². The first-order valence-corrected chi connectivity index (χ1v) is 5.91. The van der Waals surface area contributed by atoms with Crippen molar-refractivity contribution in [3.63, 3.8) is 0 Å². The van der Waals surface area contributed by atoms with Gasteiger partial charge in [0.1, 0.15) is 5.82 Å². The van der Waals surface area contributed by atoms with Crippen LogP contribution in [0.25, 0.3) is 0 Å². The number of hydrogen-bond donors (Lipinski definition) is 1. The molecule has 1 saturated carbocycles. The Morgan fingerprint density at radius 3 is 2.73 bits per heavy atom. The van der Waals surface area contributed by atoms with Crippen molar-refractivity contribution in [1.82, 2.24) is 9.78 Å². The molecule has 1 aliphatic carbocycles. The maximum Gasteiger partial charge on any atom is 0.148 e. The lowest BCUT2D eigenvalue weighted by Gasteiger charge is -2.32. The summed E-state index contributed by atoms with van der Waals surface area (Å²) in [7, 11) is 1.96. The van der Waals surface area contributed by atoms with Crippen LogP contribution < -0.4 is 5.32 Å². The molecule has 0 amide bonds. The molecule has 0 aromatic carbocycles. The van der Waals surface area contributed by atoms with Crippen molar-refractivity contribution in [2.75, 3.05) is 5.32 Å². The van der Waals surface area contributed by atoms with Gasteiger partial charge in [-0.3, -0.25) is 4.68 Å². The molecular weight excluding hydrogens is 186 g/mol. The number of hydrogen-bond acceptors (Lipinski definition) is 2. The van der Waals surface area contributed by atoms with Gasteiger partial charge >= 0.3 is 0 Å². The highest BCUT2D eigenvalue weighted by Crippen LogP contribution is 2.30. The predicted octanol–water partition coefficient (Wildman–Crippen LogP) is 2.66. The van der Waals surface area contributed by atoms with E-state index in [1.165, 1.54) is 19.3 Å². The number of rotatable bonds is 2. The van der Waals surface area contributed by atoms with Crippen LogP contribution in [0, 0.1) is 11.8 Å². The van der Waals surface area contributed by atoms with E-state index in [1.54, 1.807) is 0 Å². The van der Waals surface area contributed by atoms with Crippen molar-refractivity contribution in [1.29, 1.82) is 0 Å². The third-order valence-corrected chi connectivity index (χ3v) is 3.66. The van der Waals surface area contributed by atoms with Gasteiger partial charge in [-0.05, 0) is 31.1 Å². The molecule has 1 N–H and O–H groups in total. The number of nitrogens with one attached hydrogen (secondary N) is 1. The molecule has 84 valence electrons. The van der Waals surface area contributed by atoms with Gasteiger partial charge in [0.2, 0.25) is 0 Å². The van der Waals surface area contributed by atoms with Crippen molar-refractivity contribution < 1.29 is 0 Å². The molecule has 1 fully saturated rings. The van der Waals surface area contributed by atoms with E-state index in [1.807, 2.05) is 24.0 Å². The van der Waals surface area contributed by atoms with Crippen LogP contribution >= 0.6 is 0 Å². The molecule has 1 aliphatic rings. The molecule has 0 saturated heterocycles. The summed E-state index contributed by atoms with van der Waals surface area (Å²) < 4.78 is 1.84. The molecule has 1 heterocycles. The van der Waals surface area contributed by atoms with E-state index in [4.69, 9.17) is 0 Å². The van der Waals surface area contributed by atoms with Crippen LogP contribution in [0.3, 0.4) is 0 Å². The van der Waals surface area contributed by atoms with Gasteiger partial charge in [-0.25, -0.2) is 0 Å². The predicted molar refractivity (Wildman–Crippen MR) is 62.8 cm³/mol. The van der Waals surface area contributed by atoms with E-state index >= 15 is 0 Å². The average molecular weight is 207 g/mol. The first-order valence-electron chi connectivity index (χ1n) is 5.91. The Morgan fingerprint density at radius 2 is 2.13 bits per heavy atom. The van der Waals surface area contributed by atoms with Crippen molar-refractivity contribution in [3.8, 4) is 0 Å². The Bertz CT molecular complexity index is 318. The zero-order valence-electron chi connectivity index (χ0n) is 9.90. The first kappa shape index (κ1) is 10.5. The fourth-order valence-electron chi connectivity index (χ4n) is 2.38. The third-order valence-electron chi connectivity index (χ3n) is 3.66. The molecular formula is C12H21N3. The maximum absolute atomic E-state index is 4.35. The van der Waals surface area contributed by atoms with Crippen LogP contribution in [0.5, 0.6) is 0 Å². The zero-order valence-corrected chi connectivity index (χ0v) is 9.90. The van der Waals surface area contributed by atoms with Crippen molar-refractivity contribution in [2.24, 2.45) is 18.9 Å².